The van der Waals surface area contributed by atoms with E-state index in [0.717, 1.165) is 22.8 Å². The lowest BCUT2D eigenvalue weighted by molar-refractivity contribution is -0.137. The fraction of sp³-hybridized carbons (Fsp3) is 0.182. The maximum atomic E-state index is 12.7. The van der Waals surface area contributed by atoms with Crippen molar-refractivity contribution in [2.75, 3.05) is 7.11 Å². The second-order valence-corrected chi connectivity index (χ2v) is 7.74. The number of rotatable bonds is 6. The lowest BCUT2D eigenvalue weighted by atomic mass is 10.2. The summed E-state index contributed by atoms with van der Waals surface area (Å²) >= 11 is 1.40. The maximum absolute atomic E-state index is 12.7. The van der Waals surface area contributed by atoms with E-state index in [1.165, 1.54) is 28.3 Å². The fourth-order valence-electron chi connectivity index (χ4n) is 3.06. The van der Waals surface area contributed by atoms with Crippen LogP contribution in [-0.2, 0) is 17.5 Å². The predicted octanol–water partition coefficient (Wildman–Crippen LogP) is 5.08. The number of carbonyl (C=O) groups is 1. The van der Waals surface area contributed by atoms with E-state index < -0.39 is 17.7 Å². The number of hydrogen-bond acceptors (Lipinski definition) is 7. The van der Waals surface area contributed by atoms with Crippen LogP contribution < -0.4 is 4.74 Å². The first-order valence-corrected chi connectivity index (χ1v) is 10.5. The van der Waals surface area contributed by atoms with Crippen LogP contribution in [0, 0.1) is 6.92 Å². The van der Waals surface area contributed by atoms with E-state index in [2.05, 4.69) is 15.1 Å². The van der Waals surface area contributed by atoms with Gasteiger partial charge in [-0.15, -0.1) is 11.3 Å². The van der Waals surface area contributed by atoms with E-state index in [1.54, 1.807) is 19.4 Å². The van der Waals surface area contributed by atoms with Crippen LogP contribution in [0.25, 0.3) is 16.4 Å². The summed E-state index contributed by atoms with van der Waals surface area (Å²) in [6.07, 6.45) is -2.48. The molecule has 4 rings (SSSR count). The van der Waals surface area contributed by atoms with Crippen LogP contribution >= 0.6 is 11.3 Å². The van der Waals surface area contributed by atoms with Crippen LogP contribution in [0.2, 0.25) is 0 Å². The molecule has 3 aromatic heterocycles. The molecular weight excluding hydrogens is 457 g/mol. The zero-order valence-electron chi connectivity index (χ0n) is 17.5. The summed E-state index contributed by atoms with van der Waals surface area (Å²) in [7, 11) is 1.58. The Hall–Kier alpha value is -3.73. The molecule has 0 aliphatic carbocycles. The molecule has 170 valence electrons. The molecule has 0 saturated heterocycles. The minimum atomic E-state index is -4.49. The number of nitrogens with zero attached hydrogens (tertiary/aromatic N) is 4. The number of methoxy groups -OCH3 is 1. The smallest absolute Gasteiger partial charge is 0.417 e. The van der Waals surface area contributed by atoms with Gasteiger partial charge in [-0.05, 0) is 31.2 Å². The van der Waals surface area contributed by atoms with E-state index in [4.69, 9.17) is 9.47 Å². The third kappa shape index (κ3) is 4.72. The molecule has 0 bridgehead atoms. The van der Waals surface area contributed by atoms with Crippen LogP contribution in [0.1, 0.15) is 27.3 Å². The molecule has 33 heavy (non-hydrogen) atoms. The average molecular weight is 474 g/mol. The van der Waals surface area contributed by atoms with E-state index in [0.29, 0.717) is 17.1 Å². The number of hydrogen-bond donors (Lipinski definition) is 0. The van der Waals surface area contributed by atoms with Crippen LogP contribution in [0.4, 0.5) is 13.2 Å². The van der Waals surface area contributed by atoms with Gasteiger partial charge in [0.15, 0.2) is 5.82 Å². The van der Waals surface area contributed by atoms with Crippen molar-refractivity contribution in [1.82, 2.24) is 19.7 Å². The molecule has 3 heterocycles. The zero-order chi connectivity index (χ0) is 23.6. The van der Waals surface area contributed by atoms with Gasteiger partial charge in [0.2, 0.25) is 0 Å². The van der Waals surface area contributed by atoms with Gasteiger partial charge >= 0.3 is 12.1 Å². The van der Waals surface area contributed by atoms with Crippen LogP contribution in [0.3, 0.4) is 0 Å². The van der Waals surface area contributed by atoms with E-state index in [-0.39, 0.29) is 18.0 Å². The van der Waals surface area contributed by atoms with Crippen molar-refractivity contribution in [2.45, 2.75) is 19.7 Å². The van der Waals surface area contributed by atoms with Crippen molar-refractivity contribution in [2.24, 2.45) is 0 Å². The topological polar surface area (TPSA) is 79.1 Å². The highest BCUT2D eigenvalue weighted by Gasteiger charge is 2.31. The fourth-order valence-corrected chi connectivity index (χ4v) is 3.89. The highest BCUT2D eigenvalue weighted by molar-refractivity contribution is 7.13. The SMILES string of the molecule is COc1ccccc1-c1nc(COC(=O)c2cnn(-c3ccc(C(F)(F)F)cn3)c2C)cs1. The first-order chi connectivity index (χ1) is 15.8. The molecule has 7 nitrogen and oxygen atoms in total. The summed E-state index contributed by atoms with van der Waals surface area (Å²) in [5.74, 6) is 0.216. The van der Waals surface area contributed by atoms with Gasteiger partial charge in [-0.25, -0.2) is 19.4 Å². The Morgan fingerprint density at radius 1 is 1.15 bits per heavy atom. The van der Waals surface area contributed by atoms with Gasteiger partial charge in [-0.3, -0.25) is 0 Å². The number of benzene rings is 1. The summed E-state index contributed by atoms with van der Waals surface area (Å²) in [4.78, 5) is 20.9. The van der Waals surface area contributed by atoms with Gasteiger partial charge in [-0.1, -0.05) is 12.1 Å². The highest BCUT2D eigenvalue weighted by atomic mass is 32.1. The molecule has 0 amide bonds. The lowest BCUT2D eigenvalue weighted by Crippen LogP contribution is -2.09. The summed E-state index contributed by atoms with van der Waals surface area (Å²) in [5, 5.41) is 6.58. The van der Waals surface area contributed by atoms with Gasteiger partial charge in [0.25, 0.3) is 0 Å². The summed E-state index contributed by atoms with van der Waals surface area (Å²) in [6, 6.07) is 9.56. The summed E-state index contributed by atoms with van der Waals surface area (Å²) in [6.45, 7) is 1.55. The molecule has 0 unspecified atom stereocenters. The van der Waals surface area contributed by atoms with Gasteiger partial charge < -0.3 is 9.47 Å². The van der Waals surface area contributed by atoms with Crippen LogP contribution in [-0.4, -0.2) is 32.8 Å². The third-order valence-electron chi connectivity index (χ3n) is 4.76. The highest BCUT2D eigenvalue weighted by Crippen LogP contribution is 2.32. The molecule has 11 heteroatoms. The number of para-hydroxylation sites is 1. The zero-order valence-corrected chi connectivity index (χ0v) is 18.3. The second kappa shape index (κ2) is 9.02. The van der Waals surface area contributed by atoms with Crippen molar-refractivity contribution in [3.8, 4) is 22.1 Å². The number of aromatic nitrogens is 4. The van der Waals surface area contributed by atoms with Gasteiger partial charge in [0, 0.05) is 11.6 Å². The Bertz CT molecular complexity index is 1280. The first-order valence-electron chi connectivity index (χ1n) is 9.61. The Labute approximate surface area is 190 Å². The Morgan fingerprint density at radius 2 is 1.94 bits per heavy atom. The number of esters is 1. The van der Waals surface area contributed by atoms with Gasteiger partial charge in [0.05, 0.1) is 35.8 Å². The predicted molar refractivity (Wildman–Crippen MR) is 114 cm³/mol. The van der Waals surface area contributed by atoms with Gasteiger partial charge in [-0.2, -0.15) is 18.3 Å². The van der Waals surface area contributed by atoms with Crippen molar-refractivity contribution in [3.05, 3.63) is 76.7 Å². The minimum Gasteiger partial charge on any atom is -0.496 e. The number of carbonyl (C=O) groups excluding carboxylic acids is 1. The largest absolute Gasteiger partial charge is 0.496 e. The normalized spacial score (nSPS) is 11.4. The van der Waals surface area contributed by atoms with Crippen molar-refractivity contribution < 1.29 is 27.4 Å². The molecule has 4 aromatic rings. The lowest BCUT2D eigenvalue weighted by Gasteiger charge is -2.08. The molecule has 1 aromatic carbocycles. The number of alkyl halides is 3. The van der Waals surface area contributed by atoms with E-state index >= 15 is 0 Å². The molecule has 0 N–H and O–H groups in total. The minimum absolute atomic E-state index is 0.0480. The number of pyridine rings is 1. The van der Waals surface area contributed by atoms with Crippen LogP contribution in [0.5, 0.6) is 5.75 Å². The Kier molecular flexibility index (Phi) is 6.14. The quantitative estimate of drug-likeness (QED) is 0.363. The molecule has 0 spiro atoms. The first kappa shape index (κ1) is 22.5. The van der Waals surface area contributed by atoms with Gasteiger partial charge in [0.1, 0.15) is 22.9 Å². The molecule has 0 radical (unpaired) electrons. The number of thiazole rings is 1. The number of halogens is 3. The molecule has 0 aliphatic rings. The monoisotopic (exact) mass is 474 g/mol. The summed E-state index contributed by atoms with van der Waals surface area (Å²) in [5.41, 5.74) is 1.11. The van der Waals surface area contributed by atoms with Crippen molar-refractivity contribution in [3.63, 3.8) is 0 Å². The molecule has 0 aliphatic heterocycles. The van der Waals surface area contributed by atoms with E-state index in [1.807, 2.05) is 24.3 Å². The standard InChI is InChI=1S/C22H17F3N4O3S/c1-13-17(10-27-29(13)19-8-7-14(9-26-19)22(23,24)25)21(30)32-11-15-12-33-20(28-15)16-5-3-4-6-18(16)31-2/h3-10,12H,11H2,1-2H3. The van der Waals surface area contributed by atoms with Crippen molar-refractivity contribution in [1.29, 1.82) is 0 Å². The Morgan fingerprint density at radius 3 is 2.64 bits per heavy atom. The molecule has 0 fully saturated rings. The second-order valence-electron chi connectivity index (χ2n) is 6.88. The molecule has 0 atom stereocenters. The molecular formula is C22H17F3N4O3S. The van der Waals surface area contributed by atoms with Crippen LogP contribution in [0.15, 0.2) is 54.2 Å². The third-order valence-corrected chi connectivity index (χ3v) is 5.69. The van der Waals surface area contributed by atoms with E-state index in [9.17, 15) is 18.0 Å². The maximum Gasteiger partial charge on any atom is 0.417 e. The molecule has 0 saturated carbocycles. The summed E-state index contributed by atoms with van der Waals surface area (Å²) < 4.78 is 50.2. The average Bonchev–Trinajstić information content (AvgIpc) is 3.43. The van der Waals surface area contributed by atoms with Crippen molar-refractivity contribution >= 4 is 17.3 Å². The number of ether oxygens (including phenoxy) is 2. The Balaban J connectivity index is 1.45.